The molecule has 2 N–H and O–H groups in total. The van der Waals surface area contributed by atoms with Gasteiger partial charge in [0.2, 0.25) is 5.91 Å². The summed E-state index contributed by atoms with van der Waals surface area (Å²) in [4.78, 5) is 19.4. The molecule has 6 nitrogen and oxygen atoms in total. The molecule has 1 aliphatic heterocycles. The van der Waals surface area contributed by atoms with Gasteiger partial charge in [-0.25, -0.2) is 0 Å². The van der Waals surface area contributed by atoms with Crippen molar-refractivity contribution >= 4 is 40.5 Å². The molecule has 1 aliphatic rings. The number of benzene rings is 2. The van der Waals surface area contributed by atoms with Crippen LogP contribution in [-0.2, 0) is 4.79 Å². The van der Waals surface area contributed by atoms with E-state index in [0.717, 1.165) is 22.8 Å². The standard InChI is InChI=1S/C27H24ClN5OS/c28-19-8-6-11-21(18-19)32-16-7-13-23(32)26-25(22-12-4-5-15-29-22)31-27(35)33(26)17-14-24(34)30-20-9-2-1-3-10-20/h1-13,15-16,18,25-26H,14,17H2,(H,30,34)(H,31,35). The number of carbonyl (C=O) groups is 1. The van der Waals surface area contributed by atoms with Crippen LogP contribution in [0.1, 0.15) is 29.9 Å². The molecule has 0 spiro atoms. The Morgan fingerprint density at radius 3 is 2.63 bits per heavy atom. The van der Waals surface area contributed by atoms with E-state index in [2.05, 4.69) is 31.2 Å². The maximum Gasteiger partial charge on any atom is 0.226 e. The molecule has 8 heteroatoms. The summed E-state index contributed by atoms with van der Waals surface area (Å²) in [7, 11) is 0. The Morgan fingerprint density at radius 2 is 1.86 bits per heavy atom. The highest BCUT2D eigenvalue weighted by molar-refractivity contribution is 7.80. The van der Waals surface area contributed by atoms with Crippen LogP contribution in [0.5, 0.6) is 0 Å². The fourth-order valence-electron chi connectivity index (χ4n) is 4.43. The lowest BCUT2D eigenvalue weighted by molar-refractivity contribution is -0.116. The zero-order valence-electron chi connectivity index (χ0n) is 18.8. The van der Waals surface area contributed by atoms with E-state index in [4.69, 9.17) is 23.8 Å². The fourth-order valence-corrected chi connectivity index (χ4v) is 4.95. The lowest BCUT2D eigenvalue weighted by atomic mass is 10.0. The van der Waals surface area contributed by atoms with Crippen LogP contribution in [-0.4, -0.2) is 32.0 Å². The molecule has 2 aromatic carbocycles. The highest BCUT2D eigenvalue weighted by atomic mass is 35.5. The molecule has 0 radical (unpaired) electrons. The smallest absolute Gasteiger partial charge is 0.226 e. The number of hydrogen-bond donors (Lipinski definition) is 2. The minimum Gasteiger partial charge on any atom is -0.352 e. The molecule has 4 aromatic rings. The van der Waals surface area contributed by atoms with Crippen LogP contribution in [0.4, 0.5) is 5.69 Å². The highest BCUT2D eigenvalue weighted by Gasteiger charge is 2.41. The van der Waals surface area contributed by atoms with E-state index in [9.17, 15) is 4.79 Å². The van der Waals surface area contributed by atoms with Gasteiger partial charge in [0.1, 0.15) is 0 Å². The van der Waals surface area contributed by atoms with Crippen molar-refractivity contribution < 1.29 is 4.79 Å². The van der Waals surface area contributed by atoms with Crippen molar-refractivity contribution in [1.29, 1.82) is 0 Å². The molecular formula is C27H24ClN5OS. The monoisotopic (exact) mass is 501 g/mol. The zero-order chi connectivity index (χ0) is 24.2. The average Bonchev–Trinajstić information content (AvgIpc) is 3.48. The predicted molar refractivity (Wildman–Crippen MR) is 143 cm³/mol. The molecule has 0 saturated carbocycles. The van der Waals surface area contributed by atoms with E-state index < -0.39 is 0 Å². The minimum atomic E-state index is -0.172. The van der Waals surface area contributed by atoms with E-state index >= 15 is 0 Å². The maximum atomic E-state index is 12.7. The van der Waals surface area contributed by atoms with Crippen LogP contribution in [0.2, 0.25) is 5.02 Å². The van der Waals surface area contributed by atoms with Gasteiger partial charge in [0.05, 0.1) is 17.8 Å². The Morgan fingerprint density at radius 1 is 1.03 bits per heavy atom. The molecule has 1 amide bonds. The second kappa shape index (κ2) is 10.3. The maximum absolute atomic E-state index is 12.7. The Bertz CT molecular complexity index is 1330. The number of amides is 1. The first-order valence-corrected chi connectivity index (χ1v) is 12.1. The van der Waals surface area contributed by atoms with Gasteiger partial charge in [0, 0.05) is 47.5 Å². The van der Waals surface area contributed by atoms with E-state index in [0.29, 0.717) is 23.1 Å². The third-order valence-electron chi connectivity index (χ3n) is 6.00. The molecule has 35 heavy (non-hydrogen) atoms. The number of nitrogens with zero attached hydrogens (tertiary/aromatic N) is 3. The van der Waals surface area contributed by atoms with E-state index in [-0.39, 0.29) is 18.0 Å². The second-order valence-corrected chi connectivity index (χ2v) is 9.09. The third-order valence-corrected chi connectivity index (χ3v) is 6.59. The Kier molecular flexibility index (Phi) is 6.79. The van der Waals surface area contributed by atoms with Gasteiger partial charge in [-0.3, -0.25) is 9.78 Å². The number of pyridine rings is 1. The van der Waals surface area contributed by atoms with Gasteiger partial charge >= 0.3 is 0 Å². The Hall–Kier alpha value is -3.68. The SMILES string of the molecule is O=C(CCN1C(=S)NC(c2ccccn2)C1c1cccn1-c1cccc(Cl)c1)Nc1ccccc1. The summed E-state index contributed by atoms with van der Waals surface area (Å²) < 4.78 is 2.11. The van der Waals surface area contributed by atoms with Crippen molar-refractivity contribution in [3.63, 3.8) is 0 Å². The van der Waals surface area contributed by atoms with E-state index in [1.165, 1.54) is 0 Å². The number of carbonyl (C=O) groups excluding carboxylic acids is 1. The molecule has 2 atom stereocenters. The normalized spacial score (nSPS) is 17.3. The molecule has 0 bridgehead atoms. The number of thiocarbonyl (C=S) groups is 1. The summed E-state index contributed by atoms with van der Waals surface area (Å²) in [6.07, 6.45) is 4.08. The number of halogens is 1. The van der Waals surface area contributed by atoms with E-state index in [1.54, 1.807) is 6.20 Å². The molecule has 1 saturated heterocycles. The summed E-state index contributed by atoms with van der Waals surface area (Å²) in [6, 6.07) is 26.8. The van der Waals surface area contributed by atoms with Gasteiger partial charge in [0.25, 0.3) is 0 Å². The van der Waals surface area contributed by atoms with Gasteiger partial charge in [-0.1, -0.05) is 41.9 Å². The second-order valence-electron chi connectivity index (χ2n) is 8.27. The molecule has 0 aliphatic carbocycles. The highest BCUT2D eigenvalue weighted by Crippen LogP contribution is 2.39. The van der Waals surface area contributed by atoms with Gasteiger partial charge in [-0.15, -0.1) is 0 Å². The van der Waals surface area contributed by atoms with Crippen molar-refractivity contribution in [2.75, 3.05) is 11.9 Å². The number of rotatable bonds is 7. The molecule has 2 unspecified atom stereocenters. The summed E-state index contributed by atoms with van der Waals surface area (Å²) >= 11 is 12.0. The summed E-state index contributed by atoms with van der Waals surface area (Å²) in [5, 5.41) is 7.66. The average molecular weight is 502 g/mol. The molecule has 3 heterocycles. The van der Waals surface area contributed by atoms with Gasteiger partial charge in [0.15, 0.2) is 5.11 Å². The van der Waals surface area contributed by atoms with Crippen LogP contribution in [0.3, 0.4) is 0 Å². The Labute approximate surface area is 214 Å². The Balaban J connectivity index is 1.45. The van der Waals surface area contributed by atoms with Crippen LogP contribution in [0.15, 0.2) is 97.3 Å². The van der Waals surface area contributed by atoms with Crippen molar-refractivity contribution in [3.8, 4) is 5.69 Å². The zero-order valence-corrected chi connectivity index (χ0v) is 20.4. The van der Waals surface area contributed by atoms with Crippen molar-refractivity contribution in [3.05, 3.63) is 114 Å². The number of para-hydroxylation sites is 1. The quantitative estimate of drug-likeness (QED) is 0.326. The number of nitrogens with one attached hydrogen (secondary N) is 2. The largest absolute Gasteiger partial charge is 0.352 e. The third kappa shape index (κ3) is 5.06. The van der Waals surface area contributed by atoms with Crippen LogP contribution in [0, 0.1) is 0 Å². The van der Waals surface area contributed by atoms with Crippen molar-refractivity contribution in [2.24, 2.45) is 0 Å². The fraction of sp³-hybridized carbons (Fsp3) is 0.148. The topological polar surface area (TPSA) is 62.2 Å². The lowest BCUT2D eigenvalue weighted by Gasteiger charge is -2.29. The first kappa shape index (κ1) is 23.1. The molecular weight excluding hydrogens is 478 g/mol. The number of aromatic nitrogens is 2. The number of anilines is 1. The van der Waals surface area contributed by atoms with E-state index in [1.807, 2.05) is 85.1 Å². The summed E-state index contributed by atoms with van der Waals surface area (Å²) in [6.45, 7) is 0.458. The lowest BCUT2D eigenvalue weighted by Crippen LogP contribution is -2.33. The van der Waals surface area contributed by atoms with Gasteiger partial charge in [-0.05, 0) is 66.8 Å². The summed E-state index contributed by atoms with van der Waals surface area (Å²) in [5.74, 6) is -0.0655. The molecule has 176 valence electrons. The first-order chi connectivity index (χ1) is 17.1. The summed E-state index contributed by atoms with van der Waals surface area (Å²) in [5.41, 5.74) is 3.64. The van der Waals surface area contributed by atoms with Crippen LogP contribution < -0.4 is 10.6 Å². The van der Waals surface area contributed by atoms with Crippen molar-refractivity contribution in [2.45, 2.75) is 18.5 Å². The van der Waals surface area contributed by atoms with Crippen LogP contribution in [0.25, 0.3) is 5.69 Å². The first-order valence-electron chi connectivity index (χ1n) is 11.4. The number of hydrogen-bond acceptors (Lipinski definition) is 3. The van der Waals surface area contributed by atoms with Gasteiger partial charge < -0.3 is 20.1 Å². The minimum absolute atomic E-state index is 0.0655. The molecule has 5 rings (SSSR count). The van der Waals surface area contributed by atoms with Crippen molar-refractivity contribution in [1.82, 2.24) is 19.8 Å². The van der Waals surface area contributed by atoms with Crippen LogP contribution >= 0.6 is 23.8 Å². The predicted octanol–water partition coefficient (Wildman–Crippen LogP) is 5.53. The molecule has 2 aromatic heterocycles. The van der Waals surface area contributed by atoms with Gasteiger partial charge in [-0.2, -0.15) is 0 Å². The molecule has 1 fully saturated rings.